The standard InChI is InChI=1S/C21H17N3O2/c22-21(25)17-11-6-7-14(20(17)26-15-8-2-1-3-9-15)13-19-16-10-4-5-12-18(16)23-24-19/h1-12H,13H2,(H2,22,25)(H,23,24). The first-order valence-electron chi connectivity index (χ1n) is 8.29. The molecule has 1 aromatic heterocycles. The summed E-state index contributed by atoms with van der Waals surface area (Å²) in [5, 5.41) is 8.45. The first kappa shape index (κ1) is 15.9. The summed E-state index contributed by atoms with van der Waals surface area (Å²) in [5.74, 6) is 0.606. The van der Waals surface area contributed by atoms with Crippen molar-refractivity contribution in [2.45, 2.75) is 6.42 Å². The van der Waals surface area contributed by atoms with Crippen LogP contribution < -0.4 is 10.5 Å². The van der Waals surface area contributed by atoms with Gasteiger partial charge in [0.05, 0.1) is 11.1 Å². The summed E-state index contributed by atoms with van der Waals surface area (Å²) in [7, 11) is 0. The normalized spacial score (nSPS) is 10.8. The Hall–Kier alpha value is -3.60. The van der Waals surface area contributed by atoms with Crippen LogP contribution in [0.2, 0.25) is 0 Å². The first-order chi connectivity index (χ1) is 12.7. The summed E-state index contributed by atoms with van der Waals surface area (Å²) >= 11 is 0. The van der Waals surface area contributed by atoms with Crippen LogP contribution >= 0.6 is 0 Å². The van der Waals surface area contributed by atoms with Crippen molar-refractivity contribution >= 4 is 16.8 Å². The molecule has 128 valence electrons. The number of nitrogens with one attached hydrogen (secondary N) is 1. The van der Waals surface area contributed by atoms with Gasteiger partial charge >= 0.3 is 0 Å². The Morgan fingerprint density at radius 2 is 1.73 bits per heavy atom. The van der Waals surface area contributed by atoms with Crippen molar-refractivity contribution in [2.75, 3.05) is 0 Å². The number of aromatic nitrogens is 2. The van der Waals surface area contributed by atoms with E-state index in [1.807, 2.05) is 66.7 Å². The smallest absolute Gasteiger partial charge is 0.252 e. The van der Waals surface area contributed by atoms with E-state index in [4.69, 9.17) is 10.5 Å². The maximum absolute atomic E-state index is 11.9. The summed E-state index contributed by atoms with van der Waals surface area (Å²) in [4.78, 5) is 11.9. The Bertz CT molecular complexity index is 1070. The van der Waals surface area contributed by atoms with E-state index in [-0.39, 0.29) is 0 Å². The average molecular weight is 343 g/mol. The van der Waals surface area contributed by atoms with Gasteiger partial charge < -0.3 is 10.5 Å². The van der Waals surface area contributed by atoms with Crippen LogP contribution in [-0.2, 0) is 6.42 Å². The summed E-state index contributed by atoms with van der Waals surface area (Å²) in [6.45, 7) is 0. The number of aromatic amines is 1. The number of hydrogen-bond donors (Lipinski definition) is 2. The molecule has 0 aliphatic heterocycles. The van der Waals surface area contributed by atoms with Gasteiger partial charge in [0, 0.05) is 23.1 Å². The van der Waals surface area contributed by atoms with Gasteiger partial charge in [-0.25, -0.2) is 0 Å². The van der Waals surface area contributed by atoms with E-state index >= 15 is 0 Å². The van der Waals surface area contributed by atoms with Gasteiger partial charge in [0.25, 0.3) is 5.91 Å². The van der Waals surface area contributed by atoms with Gasteiger partial charge in [0.1, 0.15) is 11.5 Å². The van der Waals surface area contributed by atoms with Crippen molar-refractivity contribution in [2.24, 2.45) is 5.73 Å². The number of H-pyrrole nitrogens is 1. The zero-order valence-electron chi connectivity index (χ0n) is 14.0. The van der Waals surface area contributed by atoms with E-state index in [1.54, 1.807) is 6.07 Å². The lowest BCUT2D eigenvalue weighted by atomic mass is 10.0. The number of para-hydroxylation sites is 3. The second-order valence-corrected chi connectivity index (χ2v) is 5.97. The zero-order valence-corrected chi connectivity index (χ0v) is 14.0. The molecule has 0 atom stereocenters. The van der Waals surface area contributed by atoms with Crippen LogP contribution in [0, 0.1) is 0 Å². The molecule has 0 saturated carbocycles. The van der Waals surface area contributed by atoms with Gasteiger partial charge in [-0.2, -0.15) is 5.10 Å². The summed E-state index contributed by atoms with van der Waals surface area (Å²) in [6.07, 6.45) is 0.545. The minimum absolute atomic E-state index is 0.357. The Morgan fingerprint density at radius 1 is 0.962 bits per heavy atom. The fraction of sp³-hybridized carbons (Fsp3) is 0.0476. The highest BCUT2D eigenvalue weighted by atomic mass is 16.5. The average Bonchev–Trinajstić information content (AvgIpc) is 3.07. The fourth-order valence-corrected chi connectivity index (χ4v) is 2.98. The van der Waals surface area contributed by atoms with Gasteiger partial charge in [-0.15, -0.1) is 0 Å². The first-order valence-corrected chi connectivity index (χ1v) is 8.29. The SMILES string of the molecule is NC(=O)c1cccc(Cc2[nH]nc3ccccc23)c1Oc1ccccc1. The molecule has 3 N–H and O–H groups in total. The van der Waals surface area contributed by atoms with Gasteiger partial charge in [-0.1, -0.05) is 48.5 Å². The lowest BCUT2D eigenvalue weighted by Crippen LogP contribution is -2.13. The number of benzene rings is 3. The summed E-state index contributed by atoms with van der Waals surface area (Å²) < 4.78 is 6.03. The van der Waals surface area contributed by atoms with Gasteiger partial charge in [0.15, 0.2) is 0 Å². The molecule has 1 amide bonds. The number of amides is 1. The van der Waals surface area contributed by atoms with Gasteiger partial charge in [0.2, 0.25) is 0 Å². The highest BCUT2D eigenvalue weighted by Gasteiger charge is 2.17. The number of carbonyl (C=O) groups excluding carboxylic acids is 1. The van der Waals surface area contributed by atoms with Gasteiger partial charge in [-0.3, -0.25) is 9.89 Å². The molecule has 26 heavy (non-hydrogen) atoms. The maximum Gasteiger partial charge on any atom is 0.252 e. The van der Waals surface area contributed by atoms with Crippen LogP contribution in [0.5, 0.6) is 11.5 Å². The fourth-order valence-electron chi connectivity index (χ4n) is 2.98. The zero-order chi connectivity index (χ0) is 17.9. The summed E-state index contributed by atoms with van der Waals surface area (Å²) in [6, 6.07) is 22.7. The molecule has 3 aromatic carbocycles. The third-order valence-corrected chi connectivity index (χ3v) is 4.23. The molecule has 4 aromatic rings. The number of rotatable bonds is 5. The minimum atomic E-state index is -0.521. The Labute approximate surface area is 150 Å². The van der Waals surface area contributed by atoms with E-state index in [9.17, 15) is 4.79 Å². The predicted molar refractivity (Wildman–Crippen MR) is 100 cm³/mol. The van der Waals surface area contributed by atoms with Crippen molar-refractivity contribution < 1.29 is 9.53 Å². The number of nitrogens with two attached hydrogens (primary N) is 1. The molecule has 0 spiro atoms. The van der Waals surface area contributed by atoms with Crippen molar-refractivity contribution in [1.29, 1.82) is 0 Å². The van der Waals surface area contributed by atoms with E-state index in [1.165, 1.54) is 0 Å². The molecular formula is C21H17N3O2. The maximum atomic E-state index is 11.9. The topological polar surface area (TPSA) is 81.0 Å². The lowest BCUT2D eigenvalue weighted by molar-refractivity contribution is 0.0998. The molecule has 0 fully saturated rings. The minimum Gasteiger partial charge on any atom is -0.456 e. The number of carbonyl (C=O) groups is 1. The van der Waals surface area contributed by atoms with E-state index in [0.717, 1.165) is 22.2 Å². The molecule has 0 radical (unpaired) electrons. The van der Waals surface area contributed by atoms with Crippen molar-refractivity contribution in [3.05, 3.63) is 89.6 Å². The number of ether oxygens (including phenoxy) is 1. The number of nitrogens with zero attached hydrogens (tertiary/aromatic N) is 1. The van der Waals surface area contributed by atoms with Crippen LogP contribution in [0.25, 0.3) is 10.9 Å². The van der Waals surface area contributed by atoms with E-state index in [0.29, 0.717) is 23.5 Å². The molecule has 5 heteroatoms. The van der Waals surface area contributed by atoms with Crippen molar-refractivity contribution in [3.63, 3.8) is 0 Å². The van der Waals surface area contributed by atoms with Crippen LogP contribution in [-0.4, -0.2) is 16.1 Å². The van der Waals surface area contributed by atoms with Crippen LogP contribution in [0.4, 0.5) is 0 Å². The Kier molecular flexibility index (Phi) is 4.11. The number of fused-ring (bicyclic) bond motifs is 1. The highest BCUT2D eigenvalue weighted by Crippen LogP contribution is 2.31. The number of primary amides is 1. The van der Waals surface area contributed by atoms with Crippen molar-refractivity contribution in [3.8, 4) is 11.5 Å². The third-order valence-electron chi connectivity index (χ3n) is 4.23. The molecule has 0 unspecified atom stereocenters. The largest absolute Gasteiger partial charge is 0.456 e. The number of hydrogen-bond acceptors (Lipinski definition) is 3. The van der Waals surface area contributed by atoms with Crippen LogP contribution in [0.15, 0.2) is 72.8 Å². The highest BCUT2D eigenvalue weighted by molar-refractivity contribution is 5.96. The second-order valence-electron chi connectivity index (χ2n) is 5.97. The quantitative estimate of drug-likeness (QED) is 0.574. The molecule has 0 saturated heterocycles. The van der Waals surface area contributed by atoms with Crippen LogP contribution in [0.1, 0.15) is 21.6 Å². The van der Waals surface area contributed by atoms with E-state index < -0.39 is 5.91 Å². The Balaban J connectivity index is 1.78. The van der Waals surface area contributed by atoms with Crippen LogP contribution in [0.3, 0.4) is 0 Å². The summed E-state index contributed by atoms with van der Waals surface area (Å²) in [5.41, 5.74) is 8.64. The molecule has 4 rings (SSSR count). The molecule has 0 aliphatic carbocycles. The Morgan fingerprint density at radius 3 is 2.54 bits per heavy atom. The van der Waals surface area contributed by atoms with Gasteiger partial charge in [-0.05, 0) is 24.3 Å². The molecule has 0 bridgehead atoms. The monoisotopic (exact) mass is 343 g/mol. The molecule has 1 heterocycles. The molecule has 5 nitrogen and oxygen atoms in total. The molecule has 0 aliphatic rings. The van der Waals surface area contributed by atoms with E-state index in [2.05, 4.69) is 10.2 Å². The van der Waals surface area contributed by atoms with Crippen molar-refractivity contribution in [1.82, 2.24) is 10.2 Å². The lowest BCUT2D eigenvalue weighted by Gasteiger charge is -2.14. The predicted octanol–water partition coefficient (Wildman–Crippen LogP) is 4.04. The third kappa shape index (κ3) is 3.02. The molecular weight excluding hydrogens is 326 g/mol. The second kappa shape index (κ2) is 6.72.